The van der Waals surface area contributed by atoms with Crippen molar-refractivity contribution in [1.29, 1.82) is 0 Å². The Balaban J connectivity index is 3.83. The molecule has 5 nitrogen and oxygen atoms in total. The quantitative estimate of drug-likeness (QED) is 0.569. The van der Waals surface area contributed by atoms with Gasteiger partial charge in [0.25, 0.3) is 0 Å². The molecule has 94 valence electrons. The predicted octanol–water partition coefficient (Wildman–Crippen LogP) is 0.588. The average molecular weight is 230 g/mol. The number of carboxylic acid groups (broad SMARTS) is 1. The summed E-state index contributed by atoms with van der Waals surface area (Å²) in [6.07, 6.45) is 2.14. The fourth-order valence-corrected chi connectivity index (χ4v) is 1.38. The zero-order chi connectivity index (χ0) is 12.6. The smallest absolute Gasteiger partial charge is 0.306 e. The summed E-state index contributed by atoms with van der Waals surface area (Å²) in [5, 5.41) is 11.4. The van der Waals surface area contributed by atoms with Crippen LogP contribution in [0.4, 0.5) is 0 Å². The van der Waals surface area contributed by atoms with E-state index < -0.39 is 11.9 Å². The van der Waals surface area contributed by atoms with Crippen LogP contribution < -0.4 is 11.1 Å². The lowest BCUT2D eigenvalue weighted by atomic mass is 10.0. The summed E-state index contributed by atoms with van der Waals surface area (Å²) < 4.78 is 0. The fourth-order valence-electron chi connectivity index (χ4n) is 1.38. The Kier molecular flexibility index (Phi) is 7.54. The van der Waals surface area contributed by atoms with Crippen LogP contribution in [0, 0.1) is 11.8 Å². The number of aliphatic carboxylic acids is 1. The molecule has 0 bridgehead atoms. The summed E-state index contributed by atoms with van der Waals surface area (Å²) in [6.45, 7) is 4.37. The molecule has 0 aromatic rings. The van der Waals surface area contributed by atoms with Crippen molar-refractivity contribution in [2.45, 2.75) is 33.1 Å². The van der Waals surface area contributed by atoms with Gasteiger partial charge < -0.3 is 16.2 Å². The highest BCUT2D eigenvalue weighted by Gasteiger charge is 2.16. The number of amides is 1. The zero-order valence-electron chi connectivity index (χ0n) is 10.0. The first-order valence-electron chi connectivity index (χ1n) is 5.73. The van der Waals surface area contributed by atoms with Gasteiger partial charge in [0.2, 0.25) is 5.91 Å². The Morgan fingerprint density at radius 1 is 1.38 bits per heavy atom. The summed E-state index contributed by atoms with van der Waals surface area (Å²) in [6, 6.07) is 0. The first-order chi connectivity index (χ1) is 7.52. The van der Waals surface area contributed by atoms with Crippen molar-refractivity contribution < 1.29 is 14.7 Å². The van der Waals surface area contributed by atoms with Crippen molar-refractivity contribution in [1.82, 2.24) is 5.32 Å². The van der Waals surface area contributed by atoms with Gasteiger partial charge in [-0.15, -0.1) is 0 Å². The van der Waals surface area contributed by atoms with Gasteiger partial charge in [-0.25, -0.2) is 0 Å². The van der Waals surface area contributed by atoms with E-state index in [1.54, 1.807) is 6.92 Å². The second-order valence-electron chi connectivity index (χ2n) is 4.04. The van der Waals surface area contributed by atoms with Gasteiger partial charge in [0.1, 0.15) is 0 Å². The third-order valence-corrected chi connectivity index (χ3v) is 2.59. The van der Waals surface area contributed by atoms with E-state index >= 15 is 0 Å². The molecule has 0 fully saturated rings. The summed E-state index contributed by atoms with van der Waals surface area (Å²) in [4.78, 5) is 22.1. The third kappa shape index (κ3) is 5.70. The van der Waals surface area contributed by atoms with Gasteiger partial charge in [-0.3, -0.25) is 9.59 Å². The maximum absolute atomic E-state index is 11.6. The molecule has 4 N–H and O–H groups in total. The van der Waals surface area contributed by atoms with Gasteiger partial charge in [-0.1, -0.05) is 20.3 Å². The second kappa shape index (κ2) is 8.10. The largest absolute Gasteiger partial charge is 0.481 e. The zero-order valence-corrected chi connectivity index (χ0v) is 10.0. The van der Waals surface area contributed by atoms with E-state index in [1.807, 2.05) is 6.92 Å². The van der Waals surface area contributed by atoms with Gasteiger partial charge in [0, 0.05) is 13.1 Å². The number of carbonyl (C=O) groups is 2. The molecule has 2 unspecified atom stereocenters. The van der Waals surface area contributed by atoms with Crippen molar-refractivity contribution in [3.8, 4) is 0 Å². The Morgan fingerprint density at radius 3 is 2.44 bits per heavy atom. The van der Waals surface area contributed by atoms with Crippen molar-refractivity contribution in [3.63, 3.8) is 0 Å². The van der Waals surface area contributed by atoms with Gasteiger partial charge in [-0.2, -0.15) is 0 Å². The maximum atomic E-state index is 11.6. The van der Waals surface area contributed by atoms with Crippen LogP contribution in [0.1, 0.15) is 33.1 Å². The lowest BCUT2D eigenvalue weighted by Crippen LogP contribution is -2.36. The summed E-state index contributed by atoms with van der Waals surface area (Å²) in [7, 11) is 0. The average Bonchev–Trinajstić information content (AvgIpc) is 2.25. The Labute approximate surface area is 96.4 Å². The number of rotatable bonds is 8. The molecule has 0 spiro atoms. The van der Waals surface area contributed by atoms with E-state index in [1.165, 1.54) is 0 Å². The van der Waals surface area contributed by atoms with Crippen molar-refractivity contribution in [2.24, 2.45) is 17.6 Å². The molecule has 0 aliphatic rings. The van der Waals surface area contributed by atoms with Crippen LogP contribution in [0.5, 0.6) is 0 Å². The molecule has 0 heterocycles. The van der Waals surface area contributed by atoms with Crippen LogP contribution in [0.3, 0.4) is 0 Å². The van der Waals surface area contributed by atoms with Gasteiger partial charge in [0.15, 0.2) is 0 Å². The number of hydrogen-bond donors (Lipinski definition) is 3. The monoisotopic (exact) mass is 230 g/mol. The minimum Gasteiger partial charge on any atom is -0.481 e. The molecule has 0 aromatic carbocycles. The highest BCUT2D eigenvalue weighted by Crippen LogP contribution is 2.05. The molecule has 0 aromatic heterocycles. The molecule has 0 saturated heterocycles. The standard InChI is InChI=1S/C11H22N2O3/c1-3-4-9(7-12)10(14)13-6-5-8(2)11(15)16/h8-9H,3-7,12H2,1-2H3,(H,13,14)(H,15,16). The summed E-state index contributed by atoms with van der Waals surface area (Å²) >= 11 is 0. The van der Waals surface area contributed by atoms with Gasteiger partial charge >= 0.3 is 5.97 Å². The van der Waals surface area contributed by atoms with Crippen molar-refractivity contribution in [2.75, 3.05) is 13.1 Å². The van der Waals surface area contributed by atoms with Crippen LogP contribution in [-0.2, 0) is 9.59 Å². The lowest BCUT2D eigenvalue weighted by molar-refractivity contribution is -0.141. The van der Waals surface area contributed by atoms with Crippen molar-refractivity contribution >= 4 is 11.9 Å². The van der Waals surface area contributed by atoms with E-state index in [2.05, 4.69) is 5.32 Å². The van der Waals surface area contributed by atoms with Crippen molar-refractivity contribution in [3.05, 3.63) is 0 Å². The number of carboxylic acids is 1. The Bertz CT molecular complexity index is 231. The summed E-state index contributed by atoms with van der Waals surface area (Å²) in [5.74, 6) is -1.48. The predicted molar refractivity (Wildman–Crippen MR) is 61.9 cm³/mol. The molecule has 16 heavy (non-hydrogen) atoms. The highest BCUT2D eigenvalue weighted by molar-refractivity contribution is 5.78. The normalized spacial score (nSPS) is 14.2. The van der Waals surface area contributed by atoms with Crippen LogP contribution in [0.25, 0.3) is 0 Å². The minimum absolute atomic E-state index is 0.0676. The molecule has 0 saturated carbocycles. The maximum Gasteiger partial charge on any atom is 0.306 e. The number of hydrogen-bond acceptors (Lipinski definition) is 3. The molecule has 0 rings (SSSR count). The van der Waals surface area contributed by atoms with Crippen LogP contribution in [0.15, 0.2) is 0 Å². The van der Waals surface area contributed by atoms with Crippen LogP contribution in [0.2, 0.25) is 0 Å². The Hall–Kier alpha value is -1.10. The van der Waals surface area contributed by atoms with E-state index in [9.17, 15) is 9.59 Å². The first-order valence-corrected chi connectivity index (χ1v) is 5.73. The molecular weight excluding hydrogens is 208 g/mol. The molecule has 0 aliphatic carbocycles. The minimum atomic E-state index is -0.835. The highest BCUT2D eigenvalue weighted by atomic mass is 16.4. The molecular formula is C11H22N2O3. The van der Waals surface area contributed by atoms with Crippen LogP contribution >= 0.6 is 0 Å². The summed E-state index contributed by atoms with van der Waals surface area (Å²) in [5.41, 5.74) is 5.48. The number of nitrogens with two attached hydrogens (primary N) is 1. The SMILES string of the molecule is CCCC(CN)C(=O)NCCC(C)C(=O)O. The third-order valence-electron chi connectivity index (χ3n) is 2.59. The Morgan fingerprint density at radius 2 is 2.00 bits per heavy atom. The first kappa shape index (κ1) is 14.9. The van der Waals surface area contributed by atoms with Gasteiger partial charge in [-0.05, 0) is 12.8 Å². The van der Waals surface area contributed by atoms with E-state index in [0.717, 1.165) is 12.8 Å². The molecule has 0 aliphatic heterocycles. The number of nitrogens with one attached hydrogen (secondary N) is 1. The topological polar surface area (TPSA) is 92.4 Å². The molecule has 0 radical (unpaired) electrons. The molecule has 1 amide bonds. The lowest BCUT2D eigenvalue weighted by Gasteiger charge is -2.14. The number of carbonyl (C=O) groups excluding carboxylic acids is 1. The fraction of sp³-hybridized carbons (Fsp3) is 0.818. The van der Waals surface area contributed by atoms with E-state index in [-0.39, 0.29) is 11.8 Å². The van der Waals surface area contributed by atoms with Crippen LogP contribution in [-0.4, -0.2) is 30.1 Å². The second-order valence-corrected chi connectivity index (χ2v) is 4.04. The van der Waals surface area contributed by atoms with E-state index in [0.29, 0.717) is 19.5 Å². The molecule has 5 heteroatoms. The van der Waals surface area contributed by atoms with Gasteiger partial charge in [0.05, 0.1) is 11.8 Å². The van der Waals surface area contributed by atoms with E-state index in [4.69, 9.17) is 10.8 Å². The molecule has 2 atom stereocenters.